The van der Waals surface area contributed by atoms with E-state index in [1.807, 2.05) is 24.3 Å². The first-order valence-electron chi connectivity index (χ1n) is 16.9. The van der Waals surface area contributed by atoms with Gasteiger partial charge in [0.1, 0.15) is 24.3 Å². The van der Waals surface area contributed by atoms with Gasteiger partial charge in [-0.2, -0.15) is 9.97 Å². The van der Waals surface area contributed by atoms with Crippen molar-refractivity contribution < 1.29 is 14.2 Å². The van der Waals surface area contributed by atoms with E-state index in [9.17, 15) is 9.50 Å². The molecule has 0 spiro atoms. The van der Waals surface area contributed by atoms with Crippen molar-refractivity contribution in [3.05, 3.63) is 47.2 Å². The van der Waals surface area contributed by atoms with Crippen LogP contribution in [0, 0.1) is 18.3 Å². The van der Waals surface area contributed by atoms with Crippen LogP contribution in [-0.2, 0) is 13.0 Å². The molecule has 8 nitrogen and oxygen atoms in total. The molecule has 6 aliphatic rings. The molecule has 2 unspecified atom stereocenters. The molecule has 6 heterocycles. The average molecular weight is 609 g/mol. The summed E-state index contributed by atoms with van der Waals surface area (Å²) in [6, 6.07) is 11.3. The molecule has 5 fully saturated rings. The average Bonchev–Trinajstić information content (AvgIpc) is 3.78. The Balaban J connectivity index is 1.07. The summed E-state index contributed by atoms with van der Waals surface area (Å²) in [5.41, 5.74) is 3.60. The van der Waals surface area contributed by atoms with Crippen LogP contribution < -0.4 is 19.9 Å². The van der Waals surface area contributed by atoms with Crippen LogP contribution in [0.5, 0.6) is 11.8 Å². The van der Waals surface area contributed by atoms with E-state index in [2.05, 4.69) is 25.9 Å². The third-order valence-electron chi connectivity index (χ3n) is 11.7. The van der Waals surface area contributed by atoms with E-state index >= 15 is 0 Å². The molecular formula is C36H41FN6O2. The fourth-order valence-corrected chi connectivity index (χ4v) is 9.89. The van der Waals surface area contributed by atoms with Gasteiger partial charge in [-0.05, 0) is 62.0 Å². The highest BCUT2D eigenvalue weighted by Crippen LogP contribution is 2.52. The van der Waals surface area contributed by atoms with Gasteiger partial charge < -0.3 is 25.0 Å². The minimum absolute atomic E-state index is 0.217. The summed E-state index contributed by atoms with van der Waals surface area (Å²) in [4.78, 5) is 17.4. The van der Waals surface area contributed by atoms with E-state index in [0.717, 1.165) is 66.0 Å². The first-order valence-corrected chi connectivity index (χ1v) is 16.9. The van der Waals surface area contributed by atoms with Crippen molar-refractivity contribution in [2.75, 3.05) is 42.6 Å². The quantitative estimate of drug-likeness (QED) is 0.409. The third kappa shape index (κ3) is 4.55. The van der Waals surface area contributed by atoms with Gasteiger partial charge >= 0.3 is 6.01 Å². The highest BCUT2D eigenvalue weighted by atomic mass is 19.1. The molecule has 5 aliphatic heterocycles. The Labute approximate surface area is 264 Å². The molecule has 9 rings (SSSR count). The maximum Gasteiger partial charge on any atom is 0.318 e. The van der Waals surface area contributed by atoms with Crippen molar-refractivity contribution in [1.29, 1.82) is 0 Å². The number of hydrogen-bond donors (Lipinski definition) is 2. The minimum atomic E-state index is -0.801. The van der Waals surface area contributed by atoms with E-state index in [1.54, 1.807) is 6.07 Å². The first kappa shape index (κ1) is 27.7. The van der Waals surface area contributed by atoms with Gasteiger partial charge in [0.15, 0.2) is 0 Å². The number of fused-ring (bicyclic) bond motifs is 7. The number of phenols is 1. The number of rotatable bonds is 5. The highest BCUT2D eigenvalue weighted by molar-refractivity contribution is 6.00. The standard InChI is InChI=1S/C36H41FN6O2/c1-2-22-5-3-6-23-13-28(44)14-32(33(22)23)41-12-11-29-30(20-41)39-35(40-34(29)42-18-26-9-10-27(19-42)38-26)45-21-36-15-24-7-4-8-31(24)43(36)17-25(37)16-36/h1,3,5-6,13-14,24-27,31,38,44H,4,7-12,15-21H2/t24-,25+,26?,27?,31-,36-/m0/s1. The van der Waals surface area contributed by atoms with Crippen molar-refractivity contribution in [2.24, 2.45) is 5.92 Å². The van der Waals surface area contributed by atoms with E-state index < -0.39 is 6.17 Å². The number of terminal acetylenes is 1. The molecule has 1 aromatic heterocycles. The number of nitrogens with zero attached hydrogens (tertiary/aromatic N) is 5. The normalized spacial score (nSPS) is 32.0. The lowest BCUT2D eigenvalue weighted by Crippen LogP contribution is -2.52. The van der Waals surface area contributed by atoms with Gasteiger partial charge in [0.25, 0.3) is 0 Å². The van der Waals surface area contributed by atoms with E-state index in [-0.39, 0.29) is 11.3 Å². The molecule has 1 aliphatic carbocycles. The molecule has 3 aromatic rings. The van der Waals surface area contributed by atoms with Crippen LogP contribution in [-0.4, -0.2) is 82.6 Å². The molecule has 9 heteroatoms. The summed E-state index contributed by atoms with van der Waals surface area (Å²) in [7, 11) is 0. The van der Waals surface area contributed by atoms with Crippen molar-refractivity contribution in [1.82, 2.24) is 20.2 Å². The maximum atomic E-state index is 14.9. The molecule has 2 aromatic carbocycles. The van der Waals surface area contributed by atoms with Gasteiger partial charge in [-0.1, -0.05) is 24.5 Å². The van der Waals surface area contributed by atoms with Gasteiger partial charge in [0, 0.05) is 79.0 Å². The lowest BCUT2D eigenvalue weighted by Gasteiger charge is -2.38. The summed E-state index contributed by atoms with van der Waals surface area (Å²) < 4.78 is 21.5. The Hall–Kier alpha value is -3.61. The summed E-state index contributed by atoms with van der Waals surface area (Å²) in [5.74, 6) is 4.70. The van der Waals surface area contributed by atoms with Crippen LogP contribution >= 0.6 is 0 Å². The monoisotopic (exact) mass is 608 g/mol. The number of phenolic OH excluding ortho intramolecular Hbond substituents is 1. The second-order valence-electron chi connectivity index (χ2n) is 14.4. The number of aromatic hydroxyl groups is 1. The number of halogens is 1. The number of aromatic nitrogens is 2. The zero-order valence-electron chi connectivity index (χ0n) is 25.7. The van der Waals surface area contributed by atoms with Crippen molar-refractivity contribution in [3.63, 3.8) is 0 Å². The lowest BCUT2D eigenvalue weighted by atomic mass is 9.89. The number of nitrogens with one attached hydrogen (secondary N) is 1. The molecule has 1 saturated carbocycles. The largest absolute Gasteiger partial charge is 0.508 e. The highest BCUT2D eigenvalue weighted by Gasteiger charge is 2.58. The number of piperazine rings is 1. The Morgan fingerprint density at radius 1 is 1.07 bits per heavy atom. The second kappa shape index (κ2) is 10.5. The van der Waals surface area contributed by atoms with Gasteiger partial charge in [-0.25, -0.2) is 4.39 Å². The fraction of sp³-hybridized carbons (Fsp3) is 0.556. The van der Waals surface area contributed by atoms with Gasteiger partial charge in [-0.15, -0.1) is 6.42 Å². The van der Waals surface area contributed by atoms with Crippen molar-refractivity contribution in [3.8, 4) is 24.1 Å². The van der Waals surface area contributed by atoms with Gasteiger partial charge in [0.05, 0.1) is 17.8 Å². The number of benzene rings is 2. The van der Waals surface area contributed by atoms with E-state index in [4.69, 9.17) is 21.1 Å². The van der Waals surface area contributed by atoms with Gasteiger partial charge in [-0.3, -0.25) is 4.90 Å². The summed E-state index contributed by atoms with van der Waals surface area (Å²) in [6.07, 6.45) is 13.5. The molecule has 2 N–H and O–H groups in total. The first-order chi connectivity index (χ1) is 22.0. The molecule has 6 atom stereocenters. The Morgan fingerprint density at radius 2 is 1.93 bits per heavy atom. The summed E-state index contributed by atoms with van der Waals surface area (Å²) in [5, 5.41) is 16.3. The van der Waals surface area contributed by atoms with Crippen LogP contribution in [0.25, 0.3) is 10.8 Å². The number of hydrogen-bond acceptors (Lipinski definition) is 8. The maximum absolute atomic E-state index is 14.9. The molecule has 45 heavy (non-hydrogen) atoms. The number of anilines is 2. The summed E-state index contributed by atoms with van der Waals surface area (Å²) in [6.45, 7) is 4.13. The lowest BCUT2D eigenvalue weighted by molar-refractivity contribution is 0.0829. The molecule has 234 valence electrons. The van der Waals surface area contributed by atoms with Crippen LogP contribution in [0.1, 0.15) is 61.8 Å². The minimum Gasteiger partial charge on any atom is -0.508 e. The van der Waals surface area contributed by atoms with Gasteiger partial charge in [0.2, 0.25) is 0 Å². The van der Waals surface area contributed by atoms with Crippen molar-refractivity contribution in [2.45, 2.75) is 87.7 Å². The Kier molecular flexibility index (Phi) is 6.44. The zero-order valence-corrected chi connectivity index (χ0v) is 25.7. The fourth-order valence-electron chi connectivity index (χ4n) is 9.89. The molecule has 0 amide bonds. The SMILES string of the molecule is C#Cc1cccc2cc(O)cc(N3CCc4c(nc(OC[C@]56C[C@@H](F)CN5[C@H]5CCC[C@H]5C6)nc4N4CC5CCC(C4)N5)C3)c12. The molecule has 0 radical (unpaired) electrons. The Morgan fingerprint density at radius 3 is 2.78 bits per heavy atom. The van der Waals surface area contributed by atoms with Crippen molar-refractivity contribution >= 4 is 22.3 Å². The smallest absolute Gasteiger partial charge is 0.318 e. The molecule has 2 bridgehead atoms. The van der Waals surface area contributed by atoms with E-state index in [0.29, 0.717) is 56.2 Å². The van der Waals surface area contributed by atoms with Crippen LogP contribution in [0.4, 0.5) is 15.9 Å². The van der Waals surface area contributed by atoms with Crippen LogP contribution in [0.3, 0.4) is 0 Å². The topological polar surface area (TPSA) is 77.0 Å². The summed E-state index contributed by atoms with van der Waals surface area (Å²) >= 11 is 0. The molecule has 4 saturated heterocycles. The van der Waals surface area contributed by atoms with Crippen LogP contribution in [0.15, 0.2) is 30.3 Å². The number of ether oxygens (including phenoxy) is 1. The third-order valence-corrected chi connectivity index (χ3v) is 11.7. The zero-order chi connectivity index (χ0) is 30.3. The molecular weight excluding hydrogens is 567 g/mol. The number of alkyl halides is 1. The Bertz CT molecular complexity index is 1700. The predicted octanol–water partition coefficient (Wildman–Crippen LogP) is 4.55. The predicted molar refractivity (Wildman–Crippen MR) is 173 cm³/mol. The van der Waals surface area contributed by atoms with Crippen LogP contribution in [0.2, 0.25) is 0 Å². The second-order valence-corrected chi connectivity index (χ2v) is 14.4. The van der Waals surface area contributed by atoms with E-state index in [1.165, 1.54) is 37.7 Å².